The average Bonchev–Trinajstić information content (AvgIpc) is 3.09. The molecule has 0 spiro atoms. The quantitative estimate of drug-likeness (QED) is 0.740. The Kier molecular flexibility index (Phi) is 7.52. The highest BCUT2D eigenvalue weighted by molar-refractivity contribution is 5.80. The SMILES string of the molecule is CCOc1cc(CNCC2CCCO2)ccc1OC(C)C(=O)N(C)C. The molecule has 1 aliphatic heterocycles. The van der Waals surface area contributed by atoms with E-state index in [0.29, 0.717) is 24.2 Å². The summed E-state index contributed by atoms with van der Waals surface area (Å²) in [6.07, 6.45) is 2.04. The van der Waals surface area contributed by atoms with E-state index < -0.39 is 6.10 Å². The molecule has 0 saturated carbocycles. The Morgan fingerprint density at radius 3 is 2.84 bits per heavy atom. The van der Waals surface area contributed by atoms with Crippen molar-refractivity contribution < 1.29 is 19.0 Å². The number of hydrogen-bond donors (Lipinski definition) is 1. The van der Waals surface area contributed by atoms with Crippen LogP contribution < -0.4 is 14.8 Å². The summed E-state index contributed by atoms with van der Waals surface area (Å²) in [5.74, 6) is 1.18. The molecule has 0 aliphatic carbocycles. The Balaban J connectivity index is 1.96. The van der Waals surface area contributed by atoms with Crippen LogP contribution in [0.3, 0.4) is 0 Å². The summed E-state index contributed by atoms with van der Waals surface area (Å²) in [4.78, 5) is 13.5. The van der Waals surface area contributed by atoms with E-state index in [1.54, 1.807) is 21.0 Å². The molecule has 25 heavy (non-hydrogen) atoms. The molecule has 1 heterocycles. The van der Waals surface area contributed by atoms with Gasteiger partial charge in [0.1, 0.15) is 0 Å². The van der Waals surface area contributed by atoms with Crippen LogP contribution in [0.5, 0.6) is 11.5 Å². The van der Waals surface area contributed by atoms with Crippen molar-refractivity contribution >= 4 is 5.91 Å². The van der Waals surface area contributed by atoms with Gasteiger partial charge < -0.3 is 24.4 Å². The molecule has 2 unspecified atom stereocenters. The Morgan fingerprint density at radius 2 is 2.20 bits per heavy atom. The predicted octanol–water partition coefficient (Wildman–Crippen LogP) is 2.21. The van der Waals surface area contributed by atoms with Gasteiger partial charge in [-0.2, -0.15) is 0 Å². The zero-order chi connectivity index (χ0) is 18.2. The lowest BCUT2D eigenvalue weighted by molar-refractivity contribution is -0.135. The van der Waals surface area contributed by atoms with Crippen molar-refractivity contribution in [2.24, 2.45) is 0 Å². The van der Waals surface area contributed by atoms with Crippen LogP contribution >= 0.6 is 0 Å². The molecule has 6 nitrogen and oxygen atoms in total. The molecule has 140 valence electrons. The third-order valence-corrected chi connectivity index (χ3v) is 4.13. The molecule has 1 aromatic carbocycles. The van der Waals surface area contributed by atoms with Gasteiger partial charge in [-0.25, -0.2) is 0 Å². The standard InChI is InChI=1S/C19H30N2O4/c1-5-23-18-11-15(12-20-13-16-7-6-10-24-16)8-9-17(18)25-14(2)19(22)21(3)4/h8-9,11,14,16,20H,5-7,10,12-13H2,1-4H3. The van der Waals surface area contributed by atoms with Crippen molar-refractivity contribution in [2.75, 3.05) is 33.9 Å². The number of carbonyl (C=O) groups is 1. The van der Waals surface area contributed by atoms with Gasteiger partial charge >= 0.3 is 0 Å². The Bertz CT molecular complexity index is 556. The van der Waals surface area contributed by atoms with Gasteiger partial charge in [-0.3, -0.25) is 4.79 Å². The molecule has 2 rings (SSSR count). The van der Waals surface area contributed by atoms with Gasteiger partial charge in [0.2, 0.25) is 0 Å². The van der Waals surface area contributed by atoms with Crippen LogP contribution in [0.4, 0.5) is 0 Å². The van der Waals surface area contributed by atoms with Gasteiger partial charge in [-0.15, -0.1) is 0 Å². The van der Waals surface area contributed by atoms with Gasteiger partial charge in [0, 0.05) is 33.8 Å². The first kappa shape index (κ1) is 19.5. The molecular weight excluding hydrogens is 320 g/mol. The number of benzene rings is 1. The lowest BCUT2D eigenvalue weighted by Gasteiger charge is -2.20. The summed E-state index contributed by atoms with van der Waals surface area (Å²) in [6.45, 7) is 6.69. The summed E-state index contributed by atoms with van der Waals surface area (Å²) >= 11 is 0. The van der Waals surface area contributed by atoms with Crippen molar-refractivity contribution in [3.05, 3.63) is 23.8 Å². The third-order valence-electron chi connectivity index (χ3n) is 4.13. The average molecular weight is 350 g/mol. The van der Waals surface area contributed by atoms with Crippen molar-refractivity contribution in [1.29, 1.82) is 0 Å². The summed E-state index contributed by atoms with van der Waals surface area (Å²) in [7, 11) is 3.43. The minimum Gasteiger partial charge on any atom is -0.490 e. The Morgan fingerprint density at radius 1 is 1.40 bits per heavy atom. The van der Waals surface area contributed by atoms with Crippen molar-refractivity contribution in [3.63, 3.8) is 0 Å². The largest absolute Gasteiger partial charge is 0.490 e. The molecule has 0 bridgehead atoms. The summed E-state index contributed by atoms with van der Waals surface area (Å²) in [5.41, 5.74) is 1.11. The summed E-state index contributed by atoms with van der Waals surface area (Å²) in [5, 5.41) is 3.42. The second-order valence-electron chi connectivity index (χ2n) is 6.47. The number of amides is 1. The van der Waals surface area contributed by atoms with Crippen LogP contribution in [-0.2, 0) is 16.1 Å². The fraction of sp³-hybridized carbons (Fsp3) is 0.632. The van der Waals surface area contributed by atoms with Crippen molar-refractivity contribution in [3.8, 4) is 11.5 Å². The van der Waals surface area contributed by atoms with Crippen LogP contribution in [-0.4, -0.2) is 56.9 Å². The number of ether oxygens (including phenoxy) is 3. The maximum absolute atomic E-state index is 12.0. The van der Waals surface area contributed by atoms with Gasteiger partial charge in [-0.1, -0.05) is 6.07 Å². The van der Waals surface area contributed by atoms with E-state index >= 15 is 0 Å². The second-order valence-corrected chi connectivity index (χ2v) is 6.47. The fourth-order valence-corrected chi connectivity index (χ4v) is 2.82. The number of nitrogens with zero attached hydrogens (tertiary/aromatic N) is 1. The van der Waals surface area contributed by atoms with Crippen LogP contribution in [0.25, 0.3) is 0 Å². The number of hydrogen-bond acceptors (Lipinski definition) is 5. The lowest BCUT2D eigenvalue weighted by Crippen LogP contribution is -2.35. The number of carbonyl (C=O) groups excluding carboxylic acids is 1. The van der Waals surface area contributed by atoms with E-state index in [2.05, 4.69) is 5.32 Å². The van der Waals surface area contributed by atoms with Crippen molar-refractivity contribution in [2.45, 2.75) is 45.4 Å². The highest BCUT2D eigenvalue weighted by atomic mass is 16.5. The molecule has 1 aliphatic rings. The maximum Gasteiger partial charge on any atom is 0.262 e. The van der Waals surface area contributed by atoms with E-state index in [1.165, 1.54) is 4.90 Å². The molecule has 1 saturated heterocycles. The van der Waals surface area contributed by atoms with E-state index in [1.807, 2.05) is 25.1 Å². The minimum absolute atomic E-state index is 0.0789. The highest BCUT2D eigenvalue weighted by Gasteiger charge is 2.19. The highest BCUT2D eigenvalue weighted by Crippen LogP contribution is 2.29. The molecule has 1 amide bonds. The lowest BCUT2D eigenvalue weighted by atomic mass is 10.2. The maximum atomic E-state index is 12.0. The molecule has 0 aromatic heterocycles. The van der Waals surface area contributed by atoms with Gasteiger partial charge in [-0.05, 0) is 44.4 Å². The zero-order valence-electron chi connectivity index (χ0n) is 15.7. The first-order chi connectivity index (χ1) is 12.0. The molecule has 6 heteroatoms. The smallest absolute Gasteiger partial charge is 0.262 e. The Hall–Kier alpha value is -1.79. The third kappa shape index (κ3) is 5.90. The number of likely N-dealkylation sites (N-methyl/N-ethyl adjacent to an activating group) is 1. The second kappa shape index (κ2) is 9.63. The molecular formula is C19H30N2O4. The monoisotopic (exact) mass is 350 g/mol. The molecule has 1 fully saturated rings. The van der Waals surface area contributed by atoms with Crippen molar-refractivity contribution in [1.82, 2.24) is 10.2 Å². The normalized spacial score (nSPS) is 18.0. The van der Waals surface area contributed by atoms with Crippen LogP contribution in [0.1, 0.15) is 32.3 Å². The molecule has 1 aromatic rings. The van der Waals surface area contributed by atoms with Gasteiger partial charge in [0.25, 0.3) is 5.91 Å². The molecule has 1 N–H and O–H groups in total. The van der Waals surface area contributed by atoms with Gasteiger partial charge in [0.05, 0.1) is 12.7 Å². The van der Waals surface area contributed by atoms with E-state index in [-0.39, 0.29) is 5.91 Å². The topological polar surface area (TPSA) is 60.0 Å². The fourth-order valence-electron chi connectivity index (χ4n) is 2.82. The minimum atomic E-state index is -0.558. The first-order valence-corrected chi connectivity index (χ1v) is 8.97. The molecule has 2 atom stereocenters. The van der Waals surface area contributed by atoms with E-state index in [9.17, 15) is 4.79 Å². The summed E-state index contributed by atoms with van der Waals surface area (Å²) in [6, 6.07) is 5.83. The van der Waals surface area contributed by atoms with Crippen LogP contribution in [0.2, 0.25) is 0 Å². The number of rotatable bonds is 9. The van der Waals surface area contributed by atoms with Crippen LogP contribution in [0, 0.1) is 0 Å². The zero-order valence-corrected chi connectivity index (χ0v) is 15.7. The number of nitrogens with one attached hydrogen (secondary N) is 1. The van der Waals surface area contributed by atoms with Crippen LogP contribution in [0.15, 0.2) is 18.2 Å². The Labute approximate surface area is 150 Å². The summed E-state index contributed by atoms with van der Waals surface area (Å²) < 4.78 is 17.1. The van der Waals surface area contributed by atoms with E-state index in [0.717, 1.165) is 38.1 Å². The molecule has 0 radical (unpaired) electrons. The van der Waals surface area contributed by atoms with Gasteiger partial charge in [0.15, 0.2) is 17.6 Å². The predicted molar refractivity (Wildman–Crippen MR) is 97.1 cm³/mol. The van der Waals surface area contributed by atoms with E-state index in [4.69, 9.17) is 14.2 Å². The first-order valence-electron chi connectivity index (χ1n) is 8.97.